The number of carbonyl (C=O) groups is 3. The van der Waals surface area contributed by atoms with E-state index < -0.39 is 18.0 Å². The molecule has 3 aromatic rings. The molecule has 0 unspecified atom stereocenters. The van der Waals surface area contributed by atoms with E-state index in [2.05, 4.69) is 22.8 Å². The van der Waals surface area contributed by atoms with Crippen LogP contribution in [0.4, 0.5) is 5.00 Å². The molecule has 0 radical (unpaired) electrons. The van der Waals surface area contributed by atoms with E-state index in [1.54, 1.807) is 51.3 Å². The lowest BCUT2D eigenvalue weighted by molar-refractivity contribution is -0.127. The summed E-state index contributed by atoms with van der Waals surface area (Å²) in [4.78, 5) is 39.3. The van der Waals surface area contributed by atoms with Gasteiger partial charge in [-0.2, -0.15) is 5.10 Å². The number of fused-ring (bicyclic) bond motifs is 1. The van der Waals surface area contributed by atoms with E-state index in [0.29, 0.717) is 33.5 Å². The van der Waals surface area contributed by atoms with Crippen molar-refractivity contribution in [2.45, 2.75) is 46.1 Å². The molecule has 2 N–H and O–H groups in total. The number of thiophene rings is 1. The summed E-state index contributed by atoms with van der Waals surface area (Å²) in [5, 5.41) is 7.41. The molecule has 2 aromatic carbocycles. The molecule has 0 saturated carbocycles. The maximum Gasteiger partial charge on any atom is 0.341 e. The van der Waals surface area contributed by atoms with Gasteiger partial charge in [0.15, 0.2) is 6.10 Å². The molecule has 4 rings (SSSR count). The smallest absolute Gasteiger partial charge is 0.341 e. The predicted molar refractivity (Wildman–Crippen MR) is 155 cm³/mol. The van der Waals surface area contributed by atoms with Crippen LogP contribution in [0, 0.1) is 5.92 Å². The third-order valence-corrected chi connectivity index (χ3v) is 7.70. The third kappa shape index (κ3) is 6.87. The van der Waals surface area contributed by atoms with Crippen molar-refractivity contribution in [2.24, 2.45) is 11.0 Å². The number of amides is 2. The summed E-state index contributed by atoms with van der Waals surface area (Å²) in [7, 11) is 1.56. The van der Waals surface area contributed by atoms with Gasteiger partial charge in [-0.25, -0.2) is 10.2 Å². The van der Waals surface area contributed by atoms with Gasteiger partial charge in [-0.3, -0.25) is 9.59 Å². The molecular formula is C30H33N3O6S. The van der Waals surface area contributed by atoms with Gasteiger partial charge in [-0.1, -0.05) is 19.1 Å². The van der Waals surface area contributed by atoms with Gasteiger partial charge in [0, 0.05) is 16.0 Å². The van der Waals surface area contributed by atoms with Crippen LogP contribution in [0.3, 0.4) is 0 Å². The van der Waals surface area contributed by atoms with Crippen molar-refractivity contribution in [3.8, 4) is 11.5 Å². The van der Waals surface area contributed by atoms with Gasteiger partial charge in [0.05, 0.1) is 25.5 Å². The monoisotopic (exact) mass is 563 g/mol. The van der Waals surface area contributed by atoms with E-state index in [9.17, 15) is 14.4 Å². The number of methoxy groups -OCH3 is 1. The summed E-state index contributed by atoms with van der Waals surface area (Å²) in [6, 6.07) is 13.7. The topological polar surface area (TPSA) is 115 Å². The Morgan fingerprint density at radius 2 is 1.90 bits per heavy atom. The van der Waals surface area contributed by atoms with Crippen LogP contribution in [0.1, 0.15) is 63.9 Å². The number of para-hydroxylation sites is 1. The minimum Gasteiger partial charge on any atom is -0.496 e. The molecule has 2 amide bonds. The summed E-state index contributed by atoms with van der Waals surface area (Å²) in [6.45, 7) is 5.82. The summed E-state index contributed by atoms with van der Waals surface area (Å²) >= 11 is 1.44. The zero-order valence-electron chi connectivity index (χ0n) is 23.0. The Hall–Kier alpha value is -4.18. The van der Waals surface area contributed by atoms with E-state index in [1.165, 1.54) is 17.6 Å². The first-order chi connectivity index (χ1) is 19.3. The zero-order chi connectivity index (χ0) is 28.6. The quantitative estimate of drug-likeness (QED) is 0.198. The number of hydrogen-bond donors (Lipinski definition) is 2. The van der Waals surface area contributed by atoms with Gasteiger partial charge >= 0.3 is 5.97 Å². The number of nitrogens with one attached hydrogen (secondary N) is 2. The number of anilines is 1. The third-order valence-electron chi connectivity index (χ3n) is 6.53. The Kier molecular flexibility index (Phi) is 9.55. The van der Waals surface area contributed by atoms with E-state index >= 15 is 0 Å². The second-order valence-electron chi connectivity index (χ2n) is 9.49. The number of nitrogens with zero attached hydrogens (tertiary/aromatic N) is 1. The molecule has 10 heteroatoms. The van der Waals surface area contributed by atoms with Crippen LogP contribution in [-0.4, -0.2) is 43.8 Å². The first-order valence-corrected chi connectivity index (χ1v) is 14.0. The molecule has 1 aromatic heterocycles. The Morgan fingerprint density at radius 1 is 1.15 bits per heavy atom. The van der Waals surface area contributed by atoms with E-state index in [1.807, 2.05) is 18.2 Å². The second-order valence-corrected chi connectivity index (χ2v) is 10.6. The van der Waals surface area contributed by atoms with Gasteiger partial charge in [0.25, 0.3) is 11.8 Å². The van der Waals surface area contributed by atoms with Crippen LogP contribution in [-0.2, 0) is 22.4 Å². The highest BCUT2D eigenvalue weighted by atomic mass is 32.1. The zero-order valence-corrected chi connectivity index (χ0v) is 23.8. The Morgan fingerprint density at radius 3 is 2.62 bits per heavy atom. The van der Waals surface area contributed by atoms with Crippen molar-refractivity contribution in [1.82, 2.24) is 5.43 Å². The fourth-order valence-corrected chi connectivity index (χ4v) is 5.80. The molecule has 9 nitrogen and oxygen atoms in total. The van der Waals surface area contributed by atoms with Crippen molar-refractivity contribution in [2.75, 3.05) is 19.0 Å². The molecule has 0 aliphatic heterocycles. The van der Waals surface area contributed by atoms with Gasteiger partial charge in [-0.15, -0.1) is 11.3 Å². The first kappa shape index (κ1) is 28.8. The van der Waals surface area contributed by atoms with E-state index in [0.717, 1.165) is 35.3 Å². The largest absolute Gasteiger partial charge is 0.496 e. The predicted octanol–water partition coefficient (Wildman–Crippen LogP) is 5.23. The number of hydrogen-bond acceptors (Lipinski definition) is 8. The number of hydrazone groups is 1. The van der Waals surface area contributed by atoms with Crippen LogP contribution in [0.25, 0.3) is 0 Å². The first-order valence-electron chi connectivity index (χ1n) is 13.2. The maximum atomic E-state index is 13.1. The Bertz CT molecular complexity index is 1400. The molecule has 40 heavy (non-hydrogen) atoms. The molecule has 0 saturated heterocycles. The van der Waals surface area contributed by atoms with Crippen molar-refractivity contribution < 1.29 is 28.6 Å². The van der Waals surface area contributed by atoms with E-state index in [4.69, 9.17) is 14.2 Å². The summed E-state index contributed by atoms with van der Waals surface area (Å²) < 4.78 is 16.3. The van der Waals surface area contributed by atoms with Gasteiger partial charge < -0.3 is 19.5 Å². The standard InChI is InChI=1S/C30H33N3O6S/c1-5-38-30(36)26-23-15-10-18(2)16-25(23)40-29(26)32-28(35)20-11-13-22(14-12-20)39-19(3)27(34)33-31-17-21-8-6-7-9-24(21)37-4/h6-9,11-14,17-19H,5,10,15-16H2,1-4H3,(H,32,35)(H,33,34)/b31-17-/t18-,19+/m1/s1. The SMILES string of the molecule is CCOC(=O)c1c(NC(=O)c2ccc(O[C@@H](C)C(=O)N/N=C\c3ccccc3OC)cc2)sc2c1CC[C@@H](C)C2. The minimum atomic E-state index is -0.832. The van der Waals surface area contributed by atoms with Crippen molar-refractivity contribution >= 4 is 40.3 Å². The summed E-state index contributed by atoms with van der Waals surface area (Å²) in [5.74, 6) is 0.393. The molecule has 1 aliphatic carbocycles. The summed E-state index contributed by atoms with van der Waals surface area (Å²) in [5.41, 5.74) is 5.02. The highest BCUT2D eigenvalue weighted by molar-refractivity contribution is 7.17. The molecule has 1 heterocycles. The molecule has 0 spiro atoms. The molecule has 0 fully saturated rings. The molecule has 0 bridgehead atoms. The van der Waals surface area contributed by atoms with Gasteiger partial charge in [-0.05, 0) is 81.0 Å². The normalized spacial score (nSPS) is 15.2. The van der Waals surface area contributed by atoms with Crippen molar-refractivity contribution in [1.29, 1.82) is 0 Å². The fourth-order valence-electron chi connectivity index (χ4n) is 4.41. The van der Waals surface area contributed by atoms with Crippen LogP contribution in [0.15, 0.2) is 53.6 Å². The second kappa shape index (κ2) is 13.3. The maximum absolute atomic E-state index is 13.1. The highest BCUT2D eigenvalue weighted by Gasteiger charge is 2.29. The number of carbonyl (C=O) groups excluding carboxylic acids is 3. The number of ether oxygens (including phenoxy) is 3. The molecule has 1 aliphatic rings. The Labute approximate surface area is 237 Å². The lowest BCUT2D eigenvalue weighted by Gasteiger charge is -2.18. The van der Waals surface area contributed by atoms with Crippen molar-refractivity contribution in [3.63, 3.8) is 0 Å². The average Bonchev–Trinajstić information content (AvgIpc) is 3.30. The van der Waals surface area contributed by atoms with Crippen LogP contribution >= 0.6 is 11.3 Å². The van der Waals surface area contributed by atoms with Crippen molar-refractivity contribution in [3.05, 3.63) is 75.7 Å². The van der Waals surface area contributed by atoms with Crippen LogP contribution in [0.2, 0.25) is 0 Å². The molecular weight excluding hydrogens is 530 g/mol. The van der Waals surface area contributed by atoms with E-state index in [-0.39, 0.29) is 12.5 Å². The molecule has 2 atom stereocenters. The van der Waals surface area contributed by atoms with Crippen LogP contribution < -0.4 is 20.2 Å². The lowest BCUT2D eigenvalue weighted by Crippen LogP contribution is -2.33. The fraction of sp³-hybridized carbons (Fsp3) is 0.333. The number of rotatable bonds is 10. The van der Waals surface area contributed by atoms with Gasteiger partial charge in [0.1, 0.15) is 16.5 Å². The van der Waals surface area contributed by atoms with Crippen LogP contribution in [0.5, 0.6) is 11.5 Å². The Balaban J connectivity index is 1.37. The number of esters is 1. The highest BCUT2D eigenvalue weighted by Crippen LogP contribution is 2.40. The average molecular weight is 564 g/mol. The molecule has 210 valence electrons. The minimum absolute atomic E-state index is 0.263. The summed E-state index contributed by atoms with van der Waals surface area (Å²) in [6.07, 6.45) is 3.33. The number of benzene rings is 2. The van der Waals surface area contributed by atoms with Gasteiger partial charge in [0.2, 0.25) is 0 Å². The lowest BCUT2D eigenvalue weighted by atomic mass is 9.88.